The number of carbonyl (C=O) groups excluding carboxylic acids is 1. The van der Waals surface area contributed by atoms with Crippen molar-refractivity contribution in [2.45, 2.75) is 18.3 Å². The predicted octanol–water partition coefficient (Wildman–Crippen LogP) is 4.61. The lowest BCUT2D eigenvalue weighted by atomic mass is 9.68. The second-order valence-electron chi connectivity index (χ2n) is 5.10. The zero-order valence-corrected chi connectivity index (χ0v) is 12.6. The monoisotopic (exact) mass is 326 g/mol. The maximum Gasteiger partial charge on any atom is 0.156 e. The third-order valence-corrected chi connectivity index (χ3v) is 4.88. The molecular formula is C18H15BrO. The van der Waals surface area contributed by atoms with Crippen LogP contribution < -0.4 is 0 Å². The van der Waals surface area contributed by atoms with Gasteiger partial charge in [0.05, 0.1) is 5.41 Å². The number of ketones is 1. The molecule has 0 amide bonds. The molecule has 100 valence electrons. The summed E-state index contributed by atoms with van der Waals surface area (Å²) in [6.45, 7) is 0. The summed E-state index contributed by atoms with van der Waals surface area (Å²) in [7, 11) is 0. The second-order valence-corrected chi connectivity index (χ2v) is 5.95. The van der Waals surface area contributed by atoms with Crippen LogP contribution in [-0.4, -0.2) is 5.78 Å². The van der Waals surface area contributed by atoms with E-state index in [1.54, 1.807) is 6.08 Å². The fourth-order valence-electron chi connectivity index (χ4n) is 2.94. The first-order valence-corrected chi connectivity index (χ1v) is 7.54. The van der Waals surface area contributed by atoms with Gasteiger partial charge in [-0.05, 0) is 23.6 Å². The molecule has 0 aromatic heterocycles. The molecule has 3 rings (SSSR count). The third-order valence-electron chi connectivity index (χ3n) is 3.97. The van der Waals surface area contributed by atoms with Crippen molar-refractivity contribution in [3.8, 4) is 0 Å². The van der Waals surface area contributed by atoms with Gasteiger partial charge in [-0.15, -0.1) is 0 Å². The van der Waals surface area contributed by atoms with Gasteiger partial charge in [-0.2, -0.15) is 0 Å². The molecule has 1 nitrogen and oxygen atoms in total. The SMILES string of the molecule is O=C1C=C(Br)C(c2ccccc2)(c2ccccc2)CC1. The van der Waals surface area contributed by atoms with E-state index in [-0.39, 0.29) is 11.2 Å². The van der Waals surface area contributed by atoms with Crippen molar-refractivity contribution in [3.05, 3.63) is 82.3 Å². The van der Waals surface area contributed by atoms with E-state index >= 15 is 0 Å². The first-order chi connectivity index (χ1) is 9.73. The van der Waals surface area contributed by atoms with E-state index in [0.717, 1.165) is 10.9 Å². The largest absolute Gasteiger partial charge is 0.295 e. The Hall–Kier alpha value is -1.67. The summed E-state index contributed by atoms with van der Waals surface area (Å²) in [5, 5.41) is 0. The van der Waals surface area contributed by atoms with Crippen LogP contribution in [0.2, 0.25) is 0 Å². The maximum atomic E-state index is 11.7. The molecule has 0 spiro atoms. The Labute approximate surface area is 127 Å². The minimum absolute atomic E-state index is 0.194. The lowest BCUT2D eigenvalue weighted by Crippen LogP contribution is -2.32. The minimum Gasteiger partial charge on any atom is -0.295 e. The van der Waals surface area contributed by atoms with Crippen LogP contribution in [0.4, 0.5) is 0 Å². The van der Waals surface area contributed by atoms with Crippen LogP contribution in [-0.2, 0) is 10.2 Å². The Morgan fingerprint density at radius 3 is 1.80 bits per heavy atom. The van der Waals surface area contributed by atoms with E-state index in [4.69, 9.17) is 0 Å². The van der Waals surface area contributed by atoms with Crippen molar-refractivity contribution in [2.75, 3.05) is 0 Å². The normalized spacial score (nSPS) is 17.6. The number of rotatable bonds is 2. The van der Waals surface area contributed by atoms with E-state index in [0.29, 0.717) is 6.42 Å². The molecule has 0 bridgehead atoms. The van der Waals surface area contributed by atoms with Crippen LogP contribution >= 0.6 is 15.9 Å². The fraction of sp³-hybridized carbons (Fsp3) is 0.167. The Bertz CT molecular complexity index is 604. The van der Waals surface area contributed by atoms with Crippen molar-refractivity contribution >= 4 is 21.7 Å². The highest BCUT2D eigenvalue weighted by atomic mass is 79.9. The van der Waals surface area contributed by atoms with Crippen molar-refractivity contribution in [2.24, 2.45) is 0 Å². The van der Waals surface area contributed by atoms with Crippen molar-refractivity contribution in [3.63, 3.8) is 0 Å². The smallest absolute Gasteiger partial charge is 0.156 e. The van der Waals surface area contributed by atoms with Crippen molar-refractivity contribution in [1.29, 1.82) is 0 Å². The third kappa shape index (κ3) is 2.14. The number of hydrogen-bond donors (Lipinski definition) is 0. The molecule has 0 saturated carbocycles. The van der Waals surface area contributed by atoms with Crippen LogP contribution in [0.15, 0.2) is 71.2 Å². The average molecular weight is 327 g/mol. The Morgan fingerprint density at radius 1 is 0.850 bits per heavy atom. The summed E-state index contributed by atoms with van der Waals surface area (Å²) in [4.78, 5) is 11.7. The number of carbonyl (C=O) groups is 1. The standard InChI is InChI=1S/C18H15BrO/c19-17-13-16(20)11-12-18(17,14-7-3-1-4-8-14)15-9-5-2-6-10-15/h1-10,13H,11-12H2. The molecule has 0 saturated heterocycles. The average Bonchev–Trinajstić information content (AvgIpc) is 2.50. The molecule has 2 aromatic rings. The first kappa shape index (κ1) is 13.3. The summed E-state index contributed by atoms with van der Waals surface area (Å²) in [6, 6.07) is 20.8. The Kier molecular flexibility index (Phi) is 3.58. The van der Waals surface area contributed by atoms with Crippen molar-refractivity contribution in [1.82, 2.24) is 0 Å². The fourth-order valence-corrected chi connectivity index (χ4v) is 3.85. The highest BCUT2D eigenvalue weighted by molar-refractivity contribution is 9.11. The molecule has 20 heavy (non-hydrogen) atoms. The number of allylic oxidation sites excluding steroid dienone is 2. The Morgan fingerprint density at radius 2 is 1.35 bits per heavy atom. The number of halogens is 1. The van der Waals surface area contributed by atoms with Gasteiger partial charge in [0.15, 0.2) is 5.78 Å². The van der Waals surface area contributed by atoms with Gasteiger partial charge in [0.1, 0.15) is 0 Å². The molecule has 0 unspecified atom stereocenters. The highest BCUT2D eigenvalue weighted by Crippen LogP contribution is 2.47. The van der Waals surface area contributed by atoms with Gasteiger partial charge in [-0.1, -0.05) is 76.6 Å². The molecule has 0 atom stereocenters. The summed E-state index contributed by atoms with van der Waals surface area (Å²) in [5.74, 6) is 0.194. The van der Waals surface area contributed by atoms with Crippen LogP contribution in [0.1, 0.15) is 24.0 Å². The molecule has 0 radical (unpaired) electrons. The van der Waals surface area contributed by atoms with E-state index in [1.807, 2.05) is 12.1 Å². The zero-order valence-electron chi connectivity index (χ0n) is 11.1. The quantitative estimate of drug-likeness (QED) is 0.787. The van der Waals surface area contributed by atoms with E-state index < -0.39 is 0 Å². The summed E-state index contributed by atoms with van der Waals surface area (Å²) < 4.78 is 0.957. The molecule has 1 aliphatic rings. The van der Waals surface area contributed by atoms with Gasteiger partial charge in [0.2, 0.25) is 0 Å². The van der Waals surface area contributed by atoms with Crippen LogP contribution in [0, 0.1) is 0 Å². The maximum absolute atomic E-state index is 11.7. The van der Waals surface area contributed by atoms with E-state index in [2.05, 4.69) is 64.5 Å². The van der Waals surface area contributed by atoms with E-state index in [9.17, 15) is 4.79 Å². The first-order valence-electron chi connectivity index (χ1n) is 6.75. The lowest BCUT2D eigenvalue weighted by Gasteiger charge is -2.37. The summed E-state index contributed by atoms with van der Waals surface area (Å²) in [5.41, 5.74) is 2.21. The van der Waals surface area contributed by atoms with E-state index in [1.165, 1.54) is 11.1 Å². The van der Waals surface area contributed by atoms with Gasteiger partial charge >= 0.3 is 0 Å². The molecule has 2 aromatic carbocycles. The zero-order chi connectivity index (χ0) is 14.0. The van der Waals surface area contributed by atoms with Gasteiger partial charge in [-0.25, -0.2) is 0 Å². The van der Waals surface area contributed by atoms with Crippen LogP contribution in [0.3, 0.4) is 0 Å². The molecule has 0 heterocycles. The minimum atomic E-state index is -0.240. The molecule has 0 fully saturated rings. The van der Waals surface area contributed by atoms with Gasteiger partial charge in [-0.3, -0.25) is 4.79 Å². The second kappa shape index (κ2) is 5.37. The number of benzene rings is 2. The van der Waals surface area contributed by atoms with Crippen LogP contribution in [0.25, 0.3) is 0 Å². The van der Waals surface area contributed by atoms with Crippen LogP contribution in [0.5, 0.6) is 0 Å². The van der Waals surface area contributed by atoms with Gasteiger partial charge < -0.3 is 0 Å². The summed E-state index contributed by atoms with van der Waals surface area (Å²) >= 11 is 3.67. The number of hydrogen-bond acceptors (Lipinski definition) is 1. The summed E-state index contributed by atoms with van der Waals surface area (Å²) in [6.07, 6.45) is 3.12. The molecule has 2 heteroatoms. The molecule has 0 N–H and O–H groups in total. The predicted molar refractivity (Wildman–Crippen MR) is 84.9 cm³/mol. The lowest BCUT2D eigenvalue weighted by molar-refractivity contribution is -0.115. The van der Waals surface area contributed by atoms with Crippen molar-refractivity contribution < 1.29 is 4.79 Å². The molecule has 0 aliphatic heterocycles. The molecular weight excluding hydrogens is 312 g/mol. The topological polar surface area (TPSA) is 17.1 Å². The molecule has 1 aliphatic carbocycles. The Balaban J connectivity index is 2.24. The van der Waals surface area contributed by atoms with Gasteiger partial charge in [0.25, 0.3) is 0 Å². The highest BCUT2D eigenvalue weighted by Gasteiger charge is 2.39. The van der Waals surface area contributed by atoms with Gasteiger partial charge in [0, 0.05) is 10.9 Å².